The summed E-state index contributed by atoms with van der Waals surface area (Å²) in [5.41, 5.74) is 1.03. The van der Waals surface area contributed by atoms with Gasteiger partial charge >= 0.3 is 5.97 Å². The Morgan fingerprint density at radius 3 is 2.86 bits per heavy atom. The monoisotopic (exact) mass is 295 g/mol. The predicted octanol–water partition coefficient (Wildman–Crippen LogP) is 1.07. The molecule has 0 spiro atoms. The quantitative estimate of drug-likeness (QED) is 0.799. The van der Waals surface area contributed by atoms with Crippen LogP contribution in [0.15, 0.2) is 18.2 Å². The number of likely N-dealkylation sites (N-methyl/N-ethyl adjacent to an activating group) is 1. The zero-order chi connectivity index (χ0) is 15.4. The Kier molecular flexibility index (Phi) is 4.87. The molecule has 0 radical (unpaired) electrons. The molecule has 7 heteroatoms. The highest BCUT2D eigenvalue weighted by Crippen LogP contribution is 2.18. The standard InChI is InChI=1S/C14H18FN3O3/c1-2-17(5-6-19)8-13-16-11-7-10(15)3-4-12(11)18(13)9-14(20)21/h3-4,7,19H,2,5-6,8-9H2,1H3,(H,20,21). The SMILES string of the molecule is CCN(CCO)Cc1nc2cc(F)ccc2n1CC(=O)O. The lowest BCUT2D eigenvalue weighted by molar-refractivity contribution is -0.137. The minimum absolute atomic E-state index is 0.0155. The summed E-state index contributed by atoms with van der Waals surface area (Å²) in [5.74, 6) is -0.838. The first-order chi connectivity index (χ1) is 10.0. The molecule has 0 unspecified atom stereocenters. The molecule has 0 amide bonds. The fourth-order valence-electron chi connectivity index (χ4n) is 2.28. The second kappa shape index (κ2) is 6.64. The molecule has 0 saturated carbocycles. The van der Waals surface area contributed by atoms with Crippen molar-refractivity contribution in [3.63, 3.8) is 0 Å². The van der Waals surface area contributed by atoms with Crippen molar-refractivity contribution >= 4 is 17.0 Å². The number of benzene rings is 1. The Morgan fingerprint density at radius 1 is 1.48 bits per heavy atom. The van der Waals surface area contributed by atoms with E-state index in [9.17, 15) is 9.18 Å². The second-order valence-electron chi connectivity index (χ2n) is 4.73. The van der Waals surface area contributed by atoms with E-state index in [1.807, 2.05) is 11.8 Å². The van der Waals surface area contributed by atoms with Gasteiger partial charge in [-0.1, -0.05) is 6.92 Å². The zero-order valence-electron chi connectivity index (χ0n) is 11.8. The molecule has 0 atom stereocenters. The third-order valence-corrected chi connectivity index (χ3v) is 3.31. The fourth-order valence-corrected chi connectivity index (χ4v) is 2.28. The van der Waals surface area contributed by atoms with Gasteiger partial charge < -0.3 is 14.8 Å². The van der Waals surface area contributed by atoms with E-state index < -0.39 is 11.8 Å². The van der Waals surface area contributed by atoms with E-state index >= 15 is 0 Å². The third kappa shape index (κ3) is 3.56. The maximum Gasteiger partial charge on any atom is 0.323 e. The Labute approximate surface area is 121 Å². The molecule has 1 heterocycles. The minimum Gasteiger partial charge on any atom is -0.480 e. The van der Waals surface area contributed by atoms with E-state index in [4.69, 9.17) is 10.2 Å². The van der Waals surface area contributed by atoms with Crippen molar-refractivity contribution in [2.45, 2.75) is 20.0 Å². The van der Waals surface area contributed by atoms with Gasteiger partial charge in [-0.05, 0) is 18.7 Å². The van der Waals surface area contributed by atoms with Crippen LogP contribution in [0, 0.1) is 5.82 Å². The minimum atomic E-state index is -0.981. The zero-order valence-corrected chi connectivity index (χ0v) is 11.8. The van der Waals surface area contributed by atoms with Gasteiger partial charge in [-0.2, -0.15) is 0 Å². The number of aromatic nitrogens is 2. The summed E-state index contributed by atoms with van der Waals surface area (Å²) in [6.45, 7) is 3.31. The summed E-state index contributed by atoms with van der Waals surface area (Å²) in [6.07, 6.45) is 0. The molecule has 2 aromatic rings. The number of carboxylic acid groups (broad SMARTS) is 1. The van der Waals surface area contributed by atoms with E-state index in [-0.39, 0.29) is 13.2 Å². The topological polar surface area (TPSA) is 78.6 Å². The van der Waals surface area contributed by atoms with Gasteiger partial charge in [0.1, 0.15) is 18.2 Å². The van der Waals surface area contributed by atoms with Crippen LogP contribution in [-0.2, 0) is 17.9 Å². The lowest BCUT2D eigenvalue weighted by Crippen LogP contribution is -2.28. The number of hydrogen-bond donors (Lipinski definition) is 2. The normalized spacial score (nSPS) is 11.4. The number of aliphatic hydroxyl groups is 1. The first-order valence-electron chi connectivity index (χ1n) is 6.74. The molecule has 0 aliphatic carbocycles. The second-order valence-corrected chi connectivity index (χ2v) is 4.73. The Morgan fingerprint density at radius 2 is 2.24 bits per heavy atom. The van der Waals surface area contributed by atoms with Gasteiger partial charge in [0.2, 0.25) is 0 Å². The molecular formula is C14H18FN3O3. The molecule has 0 aliphatic heterocycles. The van der Waals surface area contributed by atoms with Crippen LogP contribution in [0.1, 0.15) is 12.7 Å². The van der Waals surface area contributed by atoms with Gasteiger partial charge in [-0.3, -0.25) is 9.69 Å². The van der Waals surface area contributed by atoms with E-state index in [0.717, 1.165) is 0 Å². The van der Waals surface area contributed by atoms with Crippen LogP contribution in [0.4, 0.5) is 4.39 Å². The lowest BCUT2D eigenvalue weighted by Gasteiger charge is -2.19. The number of carboxylic acids is 1. The van der Waals surface area contributed by atoms with Crippen LogP contribution < -0.4 is 0 Å². The molecule has 1 aromatic carbocycles. The molecule has 2 N–H and O–H groups in total. The molecule has 21 heavy (non-hydrogen) atoms. The molecule has 0 bridgehead atoms. The van der Waals surface area contributed by atoms with Crippen molar-refractivity contribution < 1.29 is 19.4 Å². The van der Waals surface area contributed by atoms with Crippen LogP contribution in [0.25, 0.3) is 11.0 Å². The third-order valence-electron chi connectivity index (χ3n) is 3.31. The number of imidazole rings is 1. The summed E-state index contributed by atoms with van der Waals surface area (Å²) < 4.78 is 14.8. The van der Waals surface area contributed by atoms with Crippen molar-refractivity contribution in [1.82, 2.24) is 14.5 Å². The van der Waals surface area contributed by atoms with Crippen LogP contribution in [0.2, 0.25) is 0 Å². The average molecular weight is 295 g/mol. The van der Waals surface area contributed by atoms with Crippen LogP contribution in [0.5, 0.6) is 0 Å². The number of aliphatic carboxylic acids is 1. The lowest BCUT2D eigenvalue weighted by atomic mass is 10.3. The highest BCUT2D eigenvalue weighted by molar-refractivity contribution is 5.78. The number of aliphatic hydroxyl groups excluding tert-OH is 1. The fraction of sp³-hybridized carbons (Fsp3) is 0.429. The summed E-state index contributed by atoms with van der Waals surface area (Å²) in [4.78, 5) is 17.3. The van der Waals surface area contributed by atoms with Gasteiger partial charge in [0.15, 0.2) is 0 Å². The Balaban J connectivity index is 2.42. The molecule has 2 rings (SSSR count). The highest BCUT2D eigenvalue weighted by atomic mass is 19.1. The van der Waals surface area contributed by atoms with Crippen molar-refractivity contribution in [3.05, 3.63) is 29.8 Å². The first kappa shape index (κ1) is 15.4. The van der Waals surface area contributed by atoms with Gasteiger partial charge in [-0.25, -0.2) is 9.37 Å². The highest BCUT2D eigenvalue weighted by Gasteiger charge is 2.16. The van der Waals surface area contributed by atoms with Gasteiger partial charge in [0.05, 0.1) is 24.2 Å². The van der Waals surface area contributed by atoms with Crippen molar-refractivity contribution in [1.29, 1.82) is 0 Å². The smallest absolute Gasteiger partial charge is 0.323 e. The molecular weight excluding hydrogens is 277 g/mol. The number of fused-ring (bicyclic) bond motifs is 1. The van der Waals surface area contributed by atoms with E-state index in [1.54, 1.807) is 4.57 Å². The molecule has 6 nitrogen and oxygen atoms in total. The van der Waals surface area contributed by atoms with Crippen molar-refractivity contribution in [2.24, 2.45) is 0 Å². The van der Waals surface area contributed by atoms with Gasteiger partial charge in [0, 0.05) is 12.6 Å². The van der Waals surface area contributed by atoms with E-state index in [0.29, 0.717) is 36.5 Å². The maximum absolute atomic E-state index is 13.3. The number of halogens is 1. The summed E-state index contributed by atoms with van der Waals surface area (Å²) in [6, 6.07) is 4.11. The number of nitrogens with zero attached hydrogens (tertiary/aromatic N) is 3. The van der Waals surface area contributed by atoms with Gasteiger partial charge in [-0.15, -0.1) is 0 Å². The average Bonchev–Trinajstić information content (AvgIpc) is 2.74. The summed E-state index contributed by atoms with van der Waals surface area (Å²) >= 11 is 0. The molecule has 0 fully saturated rings. The van der Waals surface area contributed by atoms with E-state index in [2.05, 4.69) is 4.98 Å². The summed E-state index contributed by atoms with van der Waals surface area (Å²) in [7, 11) is 0. The van der Waals surface area contributed by atoms with Crippen molar-refractivity contribution in [2.75, 3.05) is 19.7 Å². The largest absolute Gasteiger partial charge is 0.480 e. The number of rotatable bonds is 7. The maximum atomic E-state index is 13.3. The summed E-state index contributed by atoms with van der Waals surface area (Å²) in [5, 5.41) is 18.1. The predicted molar refractivity (Wildman–Crippen MR) is 75.4 cm³/mol. The molecule has 114 valence electrons. The number of carbonyl (C=O) groups is 1. The Bertz CT molecular complexity index is 642. The molecule has 1 aromatic heterocycles. The van der Waals surface area contributed by atoms with Crippen LogP contribution >= 0.6 is 0 Å². The Hall–Kier alpha value is -1.99. The van der Waals surface area contributed by atoms with Crippen LogP contribution in [0.3, 0.4) is 0 Å². The molecule has 0 aliphatic rings. The molecule has 0 saturated heterocycles. The van der Waals surface area contributed by atoms with E-state index in [1.165, 1.54) is 18.2 Å². The van der Waals surface area contributed by atoms with Crippen molar-refractivity contribution in [3.8, 4) is 0 Å². The van der Waals surface area contributed by atoms with Crippen LogP contribution in [-0.4, -0.2) is 50.3 Å². The van der Waals surface area contributed by atoms with Gasteiger partial charge in [0.25, 0.3) is 0 Å². The first-order valence-corrected chi connectivity index (χ1v) is 6.74. The number of hydrogen-bond acceptors (Lipinski definition) is 4.